The Morgan fingerprint density at radius 1 is 1.25 bits per heavy atom. The van der Waals surface area contributed by atoms with Gasteiger partial charge in [-0.2, -0.15) is 22.5 Å². The lowest BCUT2D eigenvalue weighted by Gasteiger charge is -2.31. The maximum atomic E-state index is 12.9. The summed E-state index contributed by atoms with van der Waals surface area (Å²) in [7, 11) is -2.36. The highest BCUT2D eigenvalue weighted by molar-refractivity contribution is 7.89. The summed E-state index contributed by atoms with van der Waals surface area (Å²) in [6.45, 7) is 0.266. The zero-order valence-electron chi connectivity index (χ0n) is 14.9. The molecule has 7 nitrogen and oxygen atoms in total. The summed E-state index contributed by atoms with van der Waals surface area (Å²) in [5, 5.41) is 0. The summed E-state index contributed by atoms with van der Waals surface area (Å²) in [6, 6.07) is 6.38. The highest BCUT2D eigenvalue weighted by Gasteiger charge is 2.34. The number of sulfonamides is 1. The molecule has 0 N–H and O–H groups in total. The van der Waals surface area contributed by atoms with Crippen LogP contribution in [-0.2, 0) is 16.2 Å². The number of rotatable bonds is 5. The molecule has 0 aliphatic carbocycles. The molecule has 1 aliphatic heterocycles. The molecule has 11 heteroatoms. The Bertz CT molecular complexity index is 937. The fourth-order valence-corrected chi connectivity index (χ4v) is 4.38. The van der Waals surface area contributed by atoms with E-state index in [0.29, 0.717) is 18.6 Å². The maximum Gasteiger partial charge on any atom is 0.433 e. The normalized spacial score (nSPS) is 18.6. The molecule has 1 aromatic heterocycles. The second-order valence-electron chi connectivity index (χ2n) is 6.15. The number of piperidine rings is 1. The lowest BCUT2D eigenvalue weighted by Crippen LogP contribution is -2.44. The van der Waals surface area contributed by atoms with E-state index in [0.717, 1.165) is 12.3 Å². The van der Waals surface area contributed by atoms with E-state index in [-0.39, 0.29) is 18.0 Å². The number of halogens is 3. The second kappa shape index (κ2) is 7.92. The maximum absolute atomic E-state index is 12.9. The van der Waals surface area contributed by atoms with Gasteiger partial charge in [0.15, 0.2) is 5.69 Å². The highest BCUT2D eigenvalue weighted by Crippen LogP contribution is 2.29. The molecule has 1 aliphatic rings. The van der Waals surface area contributed by atoms with Crippen LogP contribution in [0.25, 0.3) is 0 Å². The van der Waals surface area contributed by atoms with Crippen molar-refractivity contribution in [2.75, 3.05) is 20.2 Å². The van der Waals surface area contributed by atoms with E-state index < -0.39 is 34.0 Å². The standard InChI is InChI=1S/C17H18F3N3O4S/c1-26-12-4-2-6-14(10-12)28(24,25)23-9-3-5-13(11-23)27-16-21-8-7-15(22-16)17(18,19)20/h2,4,6-8,10,13H,3,5,9,11H2,1H3. The fourth-order valence-electron chi connectivity index (χ4n) is 2.83. The largest absolute Gasteiger partial charge is 0.497 e. The van der Waals surface area contributed by atoms with Crippen molar-refractivity contribution in [3.8, 4) is 11.8 Å². The monoisotopic (exact) mass is 417 g/mol. The summed E-state index contributed by atoms with van der Waals surface area (Å²) < 4.78 is 75.8. The van der Waals surface area contributed by atoms with E-state index in [9.17, 15) is 21.6 Å². The smallest absolute Gasteiger partial charge is 0.433 e. The Kier molecular flexibility index (Phi) is 5.75. The molecule has 1 unspecified atom stereocenters. The number of alkyl halides is 3. The second-order valence-corrected chi connectivity index (χ2v) is 8.08. The van der Waals surface area contributed by atoms with Crippen molar-refractivity contribution in [2.45, 2.75) is 30.0 Å². The van der Waals surface area contributed by atoms with Gasteiger partial charge in [-0.25, -0.2) is 13.4 Å². The summed E-state index contributed by atoms with van der Waals surface area (Å²) in [5.41, 5.74) is -1.12. The first kappa shape index (κ1) is 20.3. The summed E-state index contributed by atoms with van der Waals surface area (Å²) in [4.78, 5) is 7.13. The summed E-state index contributed by atoms with van der Waals surface area (Å²) in [5.74, 6) is 0.406. The molecule has 0 saturated carbocycles. The number of aromatic nitrogens is 2. The van der Waals surface area contributed by atoms with Crippen LogP contribution < -0.4 is 9.47 Å². The highest BCUT2D eigenvalue weighted by atomic mass is 32.2. The van der Waals surface area contributed by atoms with E-state index in [1.807, 2.05) is 0 Å². The van der Waals surface area contributed by atoms with E-state index in [4.69, 9.17) is 9.47 Å². The number of benzene rings is 1. The summed E-state index contributed by atoms with van der Waals surface area (Å²) in [6.07, 6.45) is -3.34. The van der Waals surface area contributed by atoms with Crippen LogP contribution in [0.2, 0.25) is 0 Å². The predicted molar refractivity (Wildman–Crippen MR) is 92.4 cm³/mol. The molecule has 1 atom stereocenters. The SMILES string of the molecule is COc1cccc(S(=O)(=O)N2CCCC(Oc3nccc(C(F)(F)F)n3)C2)c1. The Morgan fingerprint density at radius 2 is 2.04 bits per heavy atom. The molecule has 0 bridgehead atoms. The van der Waals surface area contributed by atoms with Gasteiger partial charge in [0.05, 0.1) is 18.6 Å². The average Bonchev–Trinajstić information content (AvgIpc) is 2.68. The van der Waals surface area contributed by atoms with Gasteiger partial charge in [0.25, 0.3) is 0 Å². The van der Waals surface area contributed by atoms with Crippen molar-refractivity contribution in [3.63, 3.8) is 0 Å². The van der Waals surface area contributed by atoms with Crippen LogP contribution in [0.3, 0.4) is 0 Å². The molecule has 28 heavy (non-hydrogen) atoms. The first-order chi connectivity index (χ1) is 13.2. The molecule has 1 saturated heterocycles. The molecule has 0 radical (unpaired) electrons. The van der Waals surface area contributed by atoms with Gasteiger partial charge in [0.2, 0.25) is 10.0 Å². The van der Waals surface area contributed by atoms with Crippen molar-refractivity contribution in [1.82, 2.24) is 14.3 Å². The van der Waals surface area contributed by atoms with Gasteiger partial charge in [0.1, 0.15) is 11.9 Å². The molecular weight excluding hydrogens is 399 g/mol. The number of methoxy groups -OCH3 is 1. The van der Waals surface area contributed by atoms with Crippen LogP contribution in [0.5, 0.6) is 11.8 Å². The summed E-state index contributed by atoms with van der Waals surface area (Å²) >= 11 is 0. The van der Waals surface area contributed by atoms with Crippen molar-refractivity contribution >= 4 is 10.0 Å². The lowest BCUT2D eigenvalue weighted by molar-refractivity contribution is -0.141. The van der Waals surface area contributed by atoms with Gasteiger partial charge in [-0.1, -0.05) is 6.07 Å². The predicted octanol–water partition coefficient (Wildman–Crippen LogP) is 2.74. The number of nitrogens with zero attached hydrogens (tertiary/aromatic N) is 3. The van der Waals surface area contributed by atoms with Gasteiger partial charge in [-0.05, 0) is 31.0 Å². The Labute approximate surface area is 160 Å². The molecule has 2 heterocycles. The van der Waals surface area contributed by atoms with Crippen LogP contribution in [0.1, 0.15) is 18.5 Å². The van der Waals surface area contributed by atoms with Gasteiger partial charge < -0.3 is 9.47 Å². The Hall–Kier alpha value is -2.40. The van der Waals surface area contributed by atoms with Crippen molar-refractivity contribution < 1.29 is 31.1 Å². The molecule has 1 aromatic carbocycles. The Morgan fingerprint density at radius 3 is 2.75 bits per heavy atom. The first-order valence-corrected chi connectivity index (χ1v) is 9.85. The molecule has 0 amide bonds. The minimum Gasteiger partial charge on any atom is -0.497 e. The first-order valence-electron chi connectivity index (χ1n) is 8.41. The van der Waals surface area contributed by atoms with Crippen LogP contribution >= 0.6 is 0 Å². The fraction of sp³-hybridized carbons (Fsp3) is 0.412. The van der Waals surface area contributed by atoms with E-state index in [2.05, 4.69) is 9.97 Å². The van der Waals surface area contributed by atoms with Crippen molar-refractivity contribution in [2.24, 2.45) is 0 Å². The van der Waals surface area contributed by atoms with E-state index in [1.165, 1.54) is 23.5 Å². The third-order valence-electron chi connectivity index (χ3n) is 4.22. The van der Waals surface area contributed by atoms with E-state index >= 15 is 0 Å². The minimum absolute atomic E-state index is 0.0147. The molecular formula is C17H18F3N3O4S. The van der Waals surface area contributed by atoms with Gasteiger partial charge >= 0.3 is 12.2 Å². The molecule has 0 spiro atoms. The third kappa shape index (κ3) is 4.53. The van der Waals surface area contributed by atoms with Crippen LogP contribution in [0.15, 0.2) is 41.4 Å². The average molecular weight is 417 g/mol. The quantitative estimate of drug-likeness (QED) is 0.744. The molecule has 1 fully saturated rings. The van der Waals surface area contributed by atoms with Crippen molar-refractivity contribution in [1.29, 1.82) is 0 Å². The van der Waals surface area contributed by atoms with Gasteiger partial charge in [-0.3, -0.25) is 0 Å². The Balaban J connectivity index is 1.75. The number of hydrogen-bond acceptors (Lipinski definition) is 6. The third-order valence-corrected chi connectivity index (χ3v) is 6.08. The van der Waals surface area contributed by atoms with Crippen LogP contribution in [0, 0.1) is 0 Å². The molecule has 152 valence electrons. The molecule has 2 aromatic rings. The minimum atomic E-state index is -4.62. The van der Waals surface area contributed by atoms with E-state index in [1.54, 1.807) is 12.1 Å². The van der Waals surface area contributed by atoms with Crippen LogP contribution in [0.4, 0.5) is 13.2 Å². The zero-order valence-corrected chi connectivity index (χ0v) is 15.7. The zero-order chi connectivity index (χ0) is 20.4. The molecule has 3 rings (SSSR count). The van der Waals surface area contributed by atoms with Gasteiger partial charge in [-0.15, -0.1) is 0 Å². The van der Waals surface area contributed by atoms with Gasteiger partial charge in [0, 0.05) is 18.8 Å². The number of ether oxygens (including phenoxy) is 2. The van der Waals surface area contributed by atoms with Crippen molar-refractivity contribution in [3.05, 3.63) is 42.2 Å². The topological polar surface area (TPSA) is 81.6 Å². The lowest BCUT2D eigenvalue weighted by atomic mass is 10.1. The van der Waals surface area contributed by atoms with Crippen LogP contribution in [-0.4, -0.2) is 49.0 Å². The number of hydrogen-bond donors (Lipinski definition) is 0.